The number of nitrogens with zero attached hydrogens (tertiary/aromatic N) is 2. The van der Waals surface area contributed by atoms with Crippen molar-refractivity contribution in [3.05, 3.63) is 36.1 Å². The fourth-order valence-electron chi connectivity index (χ4n) is 3.01. The molecule has 7 nitrogen and oxygen atoms in total. The molecule has 1 atom stereocenters. The first-order valence-electron chi connectivity index (χ1n) is 8.49. The maximum absolute atomic E-state index is 13.3. The topological polar surface area (TPSA) is 95.2 Å². The van der Waals surface area contributed by atoms with E-state index in [0.717, 1.165) is 0 Å². The Morgan fingerprint density at radius 3 is 2.96 bits per heavy atom. The summed E-state index contributed by atoms with van der Waals surface area (Å²) in [5.41, 5.74) is 1.20. The lowest BCUT2D eigenvalue weighted by atomic mass is 9.99. The van der Waals surface area contributed by atoms with Gasteiger partial charge in [-0.15, -0.1) is 0 Å². The number of hydrogen-bond donors (Lipinski definition) is 2. The van der Waals surface area contributed by atoms with Crippen LogP contribution in [0.3, 0.4) is 0 Å². The Bertz CT molecular complexity index is 897. The number of amides is 1. The zero-order valence-corrected chi connectivity index (χ0v) is 15.2. The van der Waals surface area contributed by atoms with Crippen LogP contribution in [-0.2, 0) is 14.8 Å². The van der Waals surface area contributed by atoms with Crippen LogP contribution in [0.5, 0.6) is 0 Å². The molecule has 0 radical (unpaired) electrons. The number of H-pyrrole nitrogens is 1. The van der Waals surface area contributed by atoms with Gasteiger partial charge in [0.25, 0.3) is 0 Å². The molecule has 2 N–H and O–H groups in total. The second kappa shape index (κ2) is 7.55. The molecule has 3 rings (SSSR count). The first kappa shape index (κ1) is 18.5. The number of benzene rings is 1. The highest BCUT2D eigenvalue weighted by molar-refractivity contribution is 7.89. The summed E-state index contributed by atoms with van der Waals surface area (Å²) >= 11 is 0. The van der Waals surface area contributed by atoms with E-state index in [-0.39, 0.29) is 24.0 Å². The van der Waals surface area contributed by atoms with Gasteiger partial charge in [0.15, 0.2) is 5.82 Å². The van der Waals surface area contributed by atoms with Crippen LogP contribution in [0.25, 0.3) is 11.3 Å². The van der Waals surface area contributed by atoms with Gasteiger partial charge in [-0.2, -0.15) is 5.10 Å². The molecule has 1 fully saturated rings. The van der Waals surface area contributed by atoms with Crippen LogP contribution in [0.15, 0.2) is 30.3 Å². The molecule has 1 aliphatic rings. The van der Waals surface area contributed by atoms with E-state index >= 15 is 0 Å². The van der Waals surface area contributed by atoms with Gasteiger partial charge in [-0.3, -0.25) is 9.89 Å². The summed E-state index contributed by atoms with van der Waals surface area (Å²) in [6.45, 7) is 2.23. The average molecular weight is 380 g/mol. The number of aromatic amines is 1. The van der Waals surface area contributed by atoms with Crippen LogP contribution in [-0.4, -0.2) is 47.7 Å². The van der Waals surface area contributed by atoms with E-state index < -0.39 is 15.9 Å². The molecule has 1 aliphatic heterocycles. The van der Waals surface area contributed by atoms with Crippen molar-refractivity contribution in [2.75, 3.05) is 24.2 Å². The van der Waals surface area contributed by atoms with E-state index in [1.807, 2.05) is 0 Å². The zero-order valence-electron chi connectivity index (χ0n) is 14.4. The summed E-state index contributed by atoms with van der Waals surface area (Å²) in [4.78, 5) is 12.5. The highest BCUT2D eigenvalue weighted by atomic mass is 32.2. The average Bonchev–Trinajstić information content (AvgIpc) is 3.10. The van der Waals surface area contributed by atoms with Crippen LogP contribution in [0.1, 0.15) is 19.8 Å². The fourth-order valence-corrected chi connectivity index (χ4v) is 4.19. The SMILES string of the molecule is CCS(=O)(=O)N1CCC[C@H](C(=O)Nc2cc(-c3cccc(F)c3)[nH]n2)C1. The quantitative estimate of drug-likeness (QED) is 0.831. The third-order valence-corrected chi connectivity index (χ3v) is 6.33. The molecule has 1 aromatic carbocycles. The molecule has 0 saturated carbocycles. The van der Waals surface area contributed by atoms with Gasteiger partial charge >= 0.3 is 0 Å². The third-order valence-electron chi connectivity index (χ3n) is 4.48. The van der Waals surface area contributed by atoms with Gasteiger partial charge < -0.3 is 5.32 Å². The summed E-state index contributed by atoms with van der Waals surface area (Å²) in [7, 11) is -3.30. The van der Waals surface area contributed by atoms with Crippen molar-refractivity contribution in [2.24, 2.45) is 5.92 Å². The van der Waals surface area contributed by atoms with Gasteiger partial charge in [-0.25, -0.2) is 17.1 Å². The van der Waals surface area contributed by atoms with Gasteiger partial charge in [0.1, 0.15) is 5.82 Å². The number of nitrogens with one attached hydrogen (secondary N) is 2. The molecule has 0 unspecified atom stereocenters. The van der Waals surface area contributed by atoms with E-state index in [2.05, 4.69) is 15.5 Å². The third kappa shape index (κ3) is 4.10. The number of hydrogen-bond acceptors (Lipinski definition) is 4. The number of anilines is 1. The lowest BCUT2D eigenvalue weighted by molar-refractivity contribution is -0.120. The monoisotopic (exact) mass is 380 g/mol. The van der Waals surface area contributed by atoms with Crippen molar-refractivity contribution in [1.29, 1.82) is 0 Å². The second-order valence-electron chi connectivity index (χ2n) is 6.26. The Morgan fingerprint density at radius 2 is 2.23 bits per heavy atom. The highest BCUT2D eigenvalue weighted by Crippen LogP contribution is 2.23. The minimum atomic E-state index is -3.30. The number of aromatic nitrogens is 2. The Labute approximate surface area is 151 Å². The fraction of sp³-hybridized carbons (Fsp3) is 0.412. The van der Waals surface area contributed by atoms with Crippen LogP contribution in [0.2, 0.25) is 0 Å². The predicted octanol–water partition coefficient (Wildman–Crippen LogP) is 2.22. The molecule has 1 aromatic heterocycles. The van der Waals surface area contributed by atoms with Crippen molar-refractivity contribution < 1.29 is 17.6 Å². The minimum absolute atomic E-state index is 0.0255. The van der Waals surface area contributed by atoms with Gasteiger partial charge in [0.2, 0.25) is 15.9 Å². The van der Waals surface area contributed by atoms with Gasteiger partial charge in [-0.05, 0) is 31.9 Å². The number of carbonyl (C=O) groups is 1. The summed E-state index contributed by atoms with van der Waals surface area (Å²) in [5.74, 6) is -0.693. The second-order valence-corrected chi connectivity index (χ2v) is 8.52. The molecule has 0 spiro atoms. The lowest BCUT2D eigenvalue weighted by Crippen LogP contribution is -2.44. The molecule has 2 heterocycles. The van der Waals surface area contributed by atoms with E-state index in [1.165, 1.54) is 16.4 Å². The zero-order chi connectivity index (χ0) is 18.7. The normalized spacial score (nSPS) is 18.6. The molecule has 1 amide bonds. The van der Waals surface area contributed by atoms with Gasteiger partial charge in [0, 0.05) is 24.7 Å². The predicted molar refractivity (Wildman–Crippen MR) is 96.4 cm³/mol. The molecule has 26 heavy (non-hydrogen) atoms. The number of piperidine rings is 1. The minimum Gasteiger partial charge on any atom is -0.309 e. The van der Waals surface area contributed by atoms with Crippen molar-refractivity contribution in [1.82, 2.24) is 14.5 Å². The molecule has 0 aliphatic carbocycles. The van der Waals surface area contributed by atoms with Crippen molar-refractivity contribution in [3.63, 3.8) is 0 Å². The molecule has 9 heteroatoms. The molecule has 0 bridgehead atoms. The summed E-state index contributed by atoms with van der Waals surface area (Å²) in [6.07, 6.45) is 1.27. The first-order valence-corrected chi connectivity index (χ1v) is 10.1. The van der Waals surface area contributed by atoms with E-state index in [0.29, 0.717) is 36.5 Å². The summed E-state index contributed by atoms with van der Waals surface area (Å²) in [5, 5.41) is 9.50. The van der Waals surface area contributed by atoms with E-state index in [1.54, 1.807) is 25.1 Å². The largest absolute Gasteiger partial charge is 0.309 e. The standard InChI is InChI=1S/C17H21FN4O3S/c1-2-26(24,25)22-8-4-6-13(11-22)17(23)19-16-10-15(20-21-16)12-5-3-7-14(18)9-12/h3,5,7,9-10,13H,2,4,6,8,11H2,1H3,(H2,19,20,21,23)/t13-/m0/s1. The van der Waals surface area contributed by atoms with Crippen molar-refractivity contribution in [3.8, 4) is 11.3 Å². The lowest BCUT2D eigenvalue weighted by Gasteiger charge is -2.30. The van der Waals surface area contributed by atoms with Crippen LogP contribution in [0, 0.1) is 11.7 Å². The first-order chi connectivity index (χ1) is 12.4. The van der Waals surface area contributed by atoms with E-state index in [9.17, 15) is 17.6 Å². The molecule has 1 saturated heterocycles. The number of halogens is 1. The van der Waals surface area contributed by atoms with Crippen LogP contribution >= 0.6 is 0 Å². The smallest absolute Gasteiger partial charge is 0.230 e. The number of rotatable bonds is 5. The maximum Gasteiger partial charge on any atom is 0.230 e. The Kier molecular flexibility index (Phi) is 5.38. The molecular weight excluding hydrogens is 359 g/mol. The van der Waals surface area contributed by atoms with E-state index in [4.69, 9.17) is 0 Å². The molecule has 2 aromatic rings. The molecule has 140 valence electrons. The summed E-state index contributed by atoms with van der Waals surface area (Å²) < 4.78 is 38.7. The Hall–Kier alpha value is -2.26. The Morgan fingerprint density at radius 1 is 1.42 bits per heavy atom. The van der Waals surface area contributed by atoms with Crippen LogP contribution in [0.4, 0.5) is 10.2 Å². The van der Waals surface area contributed by atoms with Crippen molar-refractivity contribution >= 4 is 21.7 Å². The Balaban J connectivity index is 1.67. The number of sulfonamides is 1. The maximum atomic E-state index is 13.3. The highest BCUT2D eigenvalue weighted by Gasteiger charge is 2.31. The number of carbonyl (C=O) groups excluding carboxylic acids is 1. The van der Waals surface area contributed by atoms with Gasteiger partial charge in [0.05, 0.1) is 17.4 Å². The van der Waals surface area contributed by atoms with Gasteiger partial charge in [-0.1, -0.05) is 12.1 Å². The van der Waals surface area contributed by atoms with Crippen molar-refractivity contribution in [2.45, 2.75) is 19.8 Å². The summed E-state index contributed by atoms with van der Waals surface area (Å²) in [6, 6.07) is 7.66. The molecular formula is C17H21FN4O3S. The van der Waals surface area contributed by atoms with Crippen LogP contribution < -0.4 is 5.32 Å².